The SMILES string of the molecule is O=[N+]([O-])c1ccc(-c2nc(-c3ccc([N+](=O)[O-])cc3)c(-c3ccc([N+](=O)[O-])cc3)[nH]2)cc1. The van der Waals surface area contributed by atoms with E-state index in [-0.39, 0.29) is 17.1 Å². The summed E-state index contributed by atoms with van der Waals surface area (Å²) in [5.41, 5.74) is 2.61. The lowest BCUT2D eigenvalue weighted by Crippen LogP contribution is -1.89. The maximum absolute atomic E-state index is 11.0. The van der Waals surface area contributed by atoms with E-state index >= 15 is 0 Å². The molecular weight excluding hydrogens is 418 g/mol. The number of nitro groups is 3. The van der Waals surface area contributed by atoms with E-state index in [1.165, 1.54) is 36.4 Å². The van der Waals surface area contributed by atoms with Gasteiger partial charge in [-0.2, -0.15) is 0 Å². The van der Waals surface area contributed by atoms with Crippen LogP contribution in [-0.4, -0.2) is 24.7 Å². The third kappa shape index (κ3) is 3.89. The van der Waals surface area contributed by atoms with Gasteiger partial charge in [0.1, 0.15) is 5.82 Å². The molecular formula is C21H13N5O6. The van der Waals surface area contributed by atoms with E-state index in [0.717, 1.165) is 0 Å². The van der Waals surface area contributed by atoms with Crippen LogP contribution in [0.4, 0.5) is 17.1 Å². The van der Waals surface area contributed by atoms with Crippen molar-refractivity contribution in [1.29, 1.82) is 0 Å². The summed E-state index contributed by atoms with van der Waals surface area (Å²) in [6.45, 7) is 0. The summed E-state index contributed by atoms with van der Waals surface area (Å²) in [4.78, 5) is 39.1. The van der Waals surface area contributed by atoms with Crippen LogP contribution in [0.1, 0.15) is 0 Å². The molecule has 0 aliphatic heterocycles. The Labute approximate surface area is 179 Å². The molecule has 4 aromatic rings. The molecule has 1 aromatic heterocycles. The largest absolute Gasteiger partial charge is 0.337 e. The number of aromatic amines is 1. The molecule has 0 aliphatic carbocycles. The summed E-state index contributed by atoms with van der Waals surface area (Å²) in [7, 11) is 0. The van der Waals surface area contributed by atoms with Gasteiger partial charge < -0.3 is 4.98 Å². The van der Waals surface area contributed by atoms with E-state index in [0.29, 0.717) is 33.9 Å². The van der Waals surface area contributed by atoms with Gasteiger partial charge in [0, 0.05) is 53.1 Å². The fraction of sp³-hybridized carbons (Fsp3) is 0. The van der Waals surface area contributed by atoms with Crippen molar-refractivity contribution < 1.29 is 14.8 Å². The lowest BCUT2D eigenvalue weighted by atomic mass is 10.0. The average Bonchev–Trinajstić information content (AvgIpc) is 3.24. The van der Waals surface area contributed by atoms with Crippen molar-refractivity contribution >= 4 is 17.1 Å². The van der Waals surface area contributed by atoms with Gasteiger partial charge in [0.2, 0.25) is 0 Å². The molecule has 3 aromatic carbocycles. The Morgan fingerprint density at radius 3 is 1.34 bits per heavy atom. The quantitative estimate of drug-likeness (QED) is 0.327. The molecule has 0 unspecified atom stereocenters. The molecule has 1 heterocycles. The fourth-order valence-corrected chi connectivity index (χ4v) is 3.16. The van der Waals surface area contributed by atoms with Crippen LogP contribution in [0.25, 0.3) is 33.9 Å². The zero-order chi connectivity index (χ0) is 22.8. The molecule has 0 saturated heterocycles. The smallest absolute Gasteiger partial charge is 0.269 e. The molecule has 0 fully saturated rings. The van der Waals surface area contributed by atoms with E-state index in [9.17, 15) is 30.3 Å². The highest BCUT2D eigenvalue weighted by Crippen LogP contribution is 2.34. The summed E-state index contributed by atoms with van der Waals surface area (Å²) >= 11 is 0. The molecule has 0 radical (unpaired) electrons. The molecule has 11 nitrogen and oxygen atoms in total. The number of non-ortho nitro benzene ring substituents is 3. The first-order valence-corrected chi connectivity index (χ1v) is 9.18. The Balaban J connectivity index is 1.83. The van der Waals surface area contributed by atoms with Crippen molar-refractivity contribution in [2.45, 2.75) is 0 Å². The standard InChI is InChI=1S/C21H13N5O6/c27-24(28)16-7-1-13(2-8-16)19-20(14-3-9-17(10-4-14)25(29)30)23-21(22-19)15-5-11-18(12-6-15)26(31)32/h1-12H,(H,22,23). The Kier molecular flexibility index (Phi) is 5.13. The lowest BCUT2D eigenvalue weighted by molar-refractivity contribution is -0.385. The summed E-state index contributed by atoms with van der Waals surface area (Å²) in [5.74, 6) is 0.418. The highest BCUT2D eigenvalue weighted by molar-refractivity contribution is 5.82. The molecule has 0 bridgehead atoms. The van der Waals surface area contributed by atoms with Gasteiger partial charge in [-0.3, -0.25) is 30.3 Å². The number of H-pyrrole nitrogens is 1. The molecule has 4 rings (SSSR count). The Morgan fingerprint density at radius 1 is 0.562 bits per heavy atom. The molecule has 1 N–H and O–H groups in total. The number of hydrogen-bond donors (Lipinski definition) is 1. The molecule has 0 atom stereocenters. The minimum Gasteiger partial charge on any atom is -0.337 e. The van der Waals surface area contributed by atoms with Gasteiger partial charge in [-0.25, -0.2) is 4.98 Å². The van der Waals surface area contributed by atoms with Gasteiger partial charge >= 0.3 is 0 Å². The summed E-state index contributed by atoms with van der Waals surface area (Å²) in [6, 6.07) is 17.5. The van der Waals surface area contributed by atoms with E-state index in [2.05, 4.69) is 9.97 Å². The van der Waals surface area contributed by atoms with Crippen LogP contribution in [0.2, 0.25) is 0 Å². The van der Waals surface area contributed by atoms with Crippen LogP contribution in [-0.2, 0) is 0 Å². The third-order valence-electron chi connectivity index (χ3n) is 4.77. The number of aromatic nitrogens is 2. The van der Waals surface area contributed by atoms with E-state index in [1.54, 1.807) is 36.4 Å². The van der Waals surface area contributed by atoms with Crippen molar-refractivity contribution in [3.05, 3.63) is 103 Å². The van der Waals surface area contributed by atoms with Crippen molar-refractivity contribution in [1.82, 2.24) is 9.97 Å². The van der Waals surface area contributed by atoms with Crippen LogP contribution in [0, 0.1) is 30.3 Å². The number of nitrogens with one attached hydrogen (secondary N) is 1. The van der Waals surface area contributed by atoms with Gasteiger partial charge in [0.15, 0.2) is 0 Å². The van der Waals surface area contributed by atoms with Crippen molar-refractivity contribution in [3.63, 3.8) is 0 Å². The highest BCUT2D eigenvalue weighted by atomic mass is 16.6. The zero-order valence-corrected chi connectivity index (χ0v) is 16.2. The summed E-state index contributed by atoms with van der Waals surface area (Å²) < 4.78 is 0. The Bertz CT molecular complexity index is 1250. The fourth-order valence-electron chi connectivity index (χ4n) is 3.16. The second-order valence-electron chi connectivity index (χ2n) is 6.72. The lowest BCUT2D eigenvalue weighted by Gasteiger charge is -2.03. The molecule has 0 aliphatic rings. The van der Waals surface area contributed by atoms with E-state index in [4.69, 9.17) is 0 Å². The van der Waals surface area contributed by atoms with Gasteiger partial charge in [-0.05, 0) is 36.4 Å². The van der Waals surface area contributed by atoms with Crippen LogP contribution in [0.3, 0.4) is 0 Å². The number of nitrogens with zero attached hydrogens (tertiary/aromatic N) is 4. The maximum Gasteiger partial charge on any atom is 0.269 e. The minimum atomic E-state index is -0.506. The summed E-state index contributed by atoms with van der Waals surface area (Å²) in [5, 5.41) is 32.9. The monoisotopic (exact) mass is 431 g/mol. The summed E-state index contributed by atoms with van der Waals surface area (Å²) in [6.07, 6.45) is 0. The van der Waals surface area contributed by atoms with Gasteiger partial charge in [0.25, 0.3) is 17.1 Å². The number of hydrogen-bond acceptors (Lipinski definition) is 7. The van der Waals surface area contributed by atoms with E-state index < -0.39 is 14.8 Å². The zero-order valence-electron chi connectivity index (χ0n) is 16.2. The number of benzene rings is 3. The molecule has 11 heteroatoms. The number of imidazole rings is 1. The second-order valence-corrected chi connectivity index (χ2v) is 6.72. The predicted octanol–water partition coefficient (Wildman–Crippen LogP) is 5.14. The molecule has 32 heavy (non-hydrogen) atoms. The third-order valence-corrected chi connectivity index (χ3v) is 4.77. The average molecular weight is 431 g/mol. The molecule has 0 spiro atoms. The number of nitro benzene ring substituents is 3. The van der Waals surface area contributed by atoms with Crippen LogP contribution < -0.4 is 0 Å². The van der Waals surface area contributed by atoms with Crippen molar-refractivity contribution in [3.8, 4) is 33.9 Å². The van der Waals surface area contributed by atoms with Gasteiger partial charge in [-0.1, -0.05) is 0 Å². The second kappa shape index (κ2) is 8.07. The topological polar surface area (TPSA) is 158 Å². The Morgan fingerprint density at radius 2 is 0.938 bits per heavy atom. The maximum atomic E-state index is 11.0. The predicted molar refractivity (Wildman–Crippen MR) is 115 cm³/mol. The minimum absolute atomic E-state index is 0.0634. The van der Waals surface area contributed by atoms with Gasteiger partial charge in [0.05, 0.1) is 26.2 Å². The van der Waals surface area contributed by atoms with Gasteiger partial charge in [-0.15, -0.1) is 0 Å². The van der Waals surface area contributed by atoms with Crippen LogP contribution in [0.15, 0.2) is 72.8 Å². The highest BCUT2D eigenvalue weighted by Gasteiger charge is 2.18. The van der Waals surface area contributed by atoms with Crippen LogP contribution in [0.5, 0.6) is 0 Å². The first kappa shape index (κ1) is 20.3. The molecule has 0 amide bonds. The molecule has 0 saturated carbocycles. The Hall–Kier alpha value is -4.93. The van der Waals surface area contributed by atoms with Crippen molar-refractivity contribution in [2.75, 3.05) is 0 Å². The number of rotatable bonds is 6. The van der Waals surface area contributed by atoms with Crippen molar-refractivity contribution in [2.24, 2.45) is 0 Å². The first-order valence-electron chi connectivity index (χ1n) is 9.18. The van der Waals surface area contributed by atoms with E-state index in [1.807, 2.05) is 0 Å². The normalized spacial score (nSPS) is 10.6. The van der Waals surface area contributed by atoms with Crippen LogP contribution >= 0.6 is 0 Å². The first-order chi connectivity index (χ1) is 15.3. The molecule has 158 valence electrons.